The predicted octanol–water partition coefficient (Wildman–Crippen LogP) is 3.00. The van der Waals surface area contributed by atoms with Crippen LogP contribution in [-0.4, -0.2) is 14.8 Å². The number of hydrogen-bond acceptors (Lipinski definition) is 2. The molecule has 0 aliphatic heterocycles. The van der Waals surface area contributed by atoms with Crippen molar-refractivity contribution in [2.24, 2.45) is 0 Å². The molecule has 0 bridgehead atoms. The van der Waals surface area contributed by atoms with Crippen molar-refractivity contribution in [3.63, 3.8) is 0 Å². The number of halogens is 1. The molecule has 0 amide bonds. The summed E-state index contributed by atoms with van der Waals surface area (Å²) in [5.74, 6) is 1.06. The highest BCUT2D eigenvalue weighted by molar-refractivity contribution is 6.28. The molecule has 0 atom stereocenters. The third kappa shape index (κ3) is 1.78. The molecule has 3 nitrogen and oxygen atoms in total. The lowest BCUT2D eigenvalue weighted by Crippen LogP contribution is -2.09. The van der Waals surface area contributed by atoms with E-state index in [1.54, 1.807) is 0 Å². The van der Waals surface area contributed by atoms with Gasteiger partial charge in [-0.25, -0.2) is 0 Å². The Bertz CT molecular complexity index is 302. The molecule has 0 aromatic carbocycles. The van der Waals surface area contributed by atoms with E-state index < -0.39 is 0 Å². The highest BCUT2D eigenvalue weighted by Gasteiger charge is 2.22. The third-order valence-electron chi connectivity index (χ3n) is 2.89. The first-order chi connectivity index (χ1) is 6.83. The van der Waals surface area contributed by atoms with Crippen LogP contribution in [0.2, 0.25) is 5.28 Å². The van der Waals surface area contributed by atoms with Crippen molar-refractivity contribution in [1.29, 1.82) is 0 Å². The fourth-order valence-corrected chi connectivity index (χ4v) is 2.49. The third-order valence-corrected chi connectivity index (χ3v) is 3.15. The first-order valence-corrected chi connectivity index (χ1v) is 5.80. The molecule has 14 heavy (non-hydrogen) atoms. The maximum absolute atomic E-state index is 6.05. The van der Waals surface area contributed by atoms with Crippen LogP contribution in [0, 0.1) is 0 Å². The fraction of sp³-hybridized carbons (Fsp3) is 0.800. The second-order valence-corrected chi connectivity index (χ2v) is 4.28. The van der Waals surface area contributed by atoms with Crippen LogP contribution in [0.15, 0.2) is 0 Å². The van der Waals surface area contributed by atoms with Crippen LogP contribution in [0.1, 0.15) is 50.9 Å². The summed E-state index contributed by atoms with van der Waals surface area (Å²) in [6.45, 7) is 2.15. The van der Waals surface area contributed by atoms with Crippen LogP contribution < -0.4 is 0 Å². The topological polar surface area (TPSA) is 30.7 Å². The SMILES string of the molecule is CCCc1nnc(Cl)n1C1CCCC1. The van der Waals surface area contributed by atoms with Crippen molar-refractivity contribution in [3.8, 4) is 0 Å². The zero-order chi connectivity index (χ0) is 9.97. The van der Waals surface area contributed by atoms with Crippen molar-refractivity contribution >= 4 is 11.6 Å². The molecular weight excluding hydrogens is 198 g/mol. The Labute approximate surface area is 89.5 Å². The molecule has 1 heterocycles. The molecule has 1 aliphatic rings. The van der Waals surface area contributed by atoms with Crippen LogP contribution in [0.5, 0.6) is 0 Å². The molecule has 78 valence electrons. The van der Waals surface area contributed by atoms with Gasteiger partial charge in [-0.1, -0.05) is 19.8 Å². The molecule has 0 spiro atoms. The maximum atomic E-state index is 6.05. The molecule has 0 saturated heterocycles. The molecule has 1 aromatic heterocycles. The first kappa shape index (κ1) is 9.97. The lowest BCUT2D eigenvalue weighted by Gasteiger charge is -2.14. The summed E-state index contributed by atoms with van der Waals surface area (Å²) in [5.41, 5.74) is 0. The minimum Gasteiger partial charge on any atom is -0.299 e. The standard InChI is InChI=1S/C10H16ClN3/c1-2-5-9-12-13-10(11)14(9)8-6-3-4-7-8/h8H,2-7H2,1H3. The minimum atomic E-state index is 0.555. The van der Waals surface area contributed by atoms with E-state index in [1.807, 2.05) is 0 Å². The normalized spacial score (nSPS) is 17.9. The summed E-state index contributed by atoms with van der Waals surface area (Å²) in [6.07, 6.45) is 7.16. The lowest BCUT2D eigenvalue weighted by atomic mass is 10.2. The molecule has 2 rings (SSSR count). The van der Waals surface area contributed by atoms with Crippen LogP contribution in [0.4, 0.5) is 0 Å². The highest BCUT2D eigenvalue weighted by atomic mass is 35.5. The van der Waals surface area contributed by atoms with E-state index in [0.717, 1.165) is 18.7 Å². The van der Waals surface area contributed by atoms with E-state index >= 15 is 0 Å². The van der Waals surface area contributed by atoms with Crippen molar-refractivity contribution in [2.45, 2.75) is 51.5 Å². The Balaban J connectivity index is 2.24. The van der Waals surface area contributed by atoms with Gasteiger partial charge in [-0.15, -0.1) is 10.2 Å². The number of nitrogens with zero attached hydrogens (tertiary/aromatic N) is 3. The number of hydrogen-bond donors (Lipinski definition) is 0. The van der Waals surface area contributed by atoms with Gasteiger partial charge in [-0.2, -0.15) is 0 Å². The fourth-order valence-electron chi connectivity index (χ4n) is 2.22. The van der Waals surface area contributed by atoms with Gasteiger partial charge in [-0.3, -0.25) is 4.57 Å². The molecule has 1 fully saturated rings. The van der Waals surface area contributed by atoms with Gasteiger partial charge < -0.3 is 0 Å². The van der Waals surface area contributed by atoms with Gasteiger partial charge >= 0.3 is 0 Å². The number of aromatic nitrogens is 3. The summed E-state index contributed by atoms with van der Waals surface area (Å²) < 4.78 is 2.14. The number of rotatable bonds is 3. The maximum Gasteiger partial charge on any atom is 0.225 e. The zero-order valence-electron chi connectivity index (χ0n) is 8.54. The first-order valence-electron chi connectivity index (χ1n) is 5.42. The van der Waals surface area contributed by atoms with Gasteiger partial charge in [0.15, 0.2) is 0 Å². The smallest absolute Gasteiger partial charge is 0.225 e. The van der Waals surface area contributed by atoms with Crippen molar-refractivity contribution in [3.05, 3.63) is 11.1 Å². The molecule has 0 radical (unpaired) electrons. The van der Waals surface area contributed by atoms with Gasteiger partial charge in [-0.05, 0) is 30.9 Å². The second kappa shape index (κ2) is 4.30. The van der Waals surface area contributed by atoms with Gasteiger partial charge in [0.1, 0.15) is 5.82 Å². The molecule has 0 N–H and O–H groups in total. The summed E-state index contributed by atoms with van der Waals surface area (Å²) in [5, 5.41) is 8.66. The lowest BCUT2D eigenvalue weighted by molar-refractivity contribution is 0.495. The molecule has 0 unspecified atom stereocenters. The van der Waals surface area contributed by atoms with Gasteiger partial charge in [0.05, 0.1) is 0 Å². The van der Waals surface area contributed by atoms with Crippen LogP contribution >= 0.6 is 11.6 Å². The van der Waals surface area contributed by atoms with Crippen molar-refractivity contribution in [1.82, 2.24) is 14.8 Å². The molecule has 1 aromatic rings. The van der Waals surface area contributed by atoms with Crippen molar-refractivity contribution < 1.29 is 0 Å². The Morgan fingerprint density at radius 1 is 1.36 bits per heavy atom. The quantitative estimate of drug-likeness (QED) is 0.773. The van der Waals surface area contributed by atoms with Gasteiger partial charge in [0.25, 0.3) is 0 Å². The van der Waals surface area contributed by atoms with Crippen LogP contribution in [-0.2, 0) is 6.42 Å². The number of aryl methyl sites for hydroxylation is 1. The summed E-state index contributed by atoms with van der Waals surface area (Å²) >= 11 is 6.05. The molecular formula is C10H16ClN3. The van der Waals surface area contributed by atoms with E-state index in [2.05, 4.69) is 21.7 Å². The zero-order valence-corrected chi connectivity index (χ0v) is 9.30. The summed E-state index contributed by atoms with van der Waals surface area (Å²) in [4.78, 5) is 0. The van der Waals surface area contributed by atoms with E-state index in [-0.39, 0.29) is 0 Å². The monoisotopic (exact) mass is 213 g/mol. The highest BCUT2D eigenvalue weighted by Crippen LogP contribution is 2.32. The van der Waals surface area contributed by atoms with Crippen LogP contribution in [0.3, 0.4) is 0 Å². The largest absolute Gasteiger partial charge is 0.299 e. The Kier molecular flexibility index (Phi) is 3.06. The Morgan fingerprint density at radius 3 is 2.71 bits per heavy atom. The van der Waals surface area contributed by atoms with Crippen LogP contribution in [0.25, 0.3) is 0 Å². The average Bonchev–Trinajstić information content (AvgIpc) is 2.76. The predicted molar refractivity (Wildman–Crippen MR) is 56.5 cm³/mol. The molecule has 4 heteroatoms. The Hall–Kier alpha value is -0.570. The molecule has 1 aliphatic carbocycles. The Morgan fingerprint density at radius 2 is 2.07 bits per heavy atom. The van der Waals surface area contributed by atoms with Gasteiger partial charge in [0, 0.05) is 12.5 Å². The van der Waals surface area contributed by atoms with Gasteiger partial charge in [0.2, 0.25) is 5.28 Å². The van der Waals surface area contributed by atoms with E-state index in [1.165, 1.54) is 25.7 Å². The second-order valence-electron chi connectivity index (χ2n) is 3.94. The van der Waals surface area contributed by atoms with E-state index in [0.29, 0.717) is 11.3 Å². The minimum absolute atomic E-state index is 0.555. The summed E-state index contributed by atoms with van der Waals surface area (Å²) in [7, 11) is 0. The summed E-state index contributed by atoms with van der Waals surface area (Å²) in [6, 6.07) is 0.555. The average molecular weight is 214 g/mol. The van der Waals surface area contributed by atoms with Crippen molar-refractivity contribution in [2.75, 3.05) is 0 Å². The van der Waals surface area contributed by atoms with E-state index in [9.17, 15) is 0 Å². The van der Waals surface area contributed by atoms with E-state index in [4.69, 9.17) is 11.6 Å². The molecule has 1 saturated carbocycles.